The predicted octanol–water partition coefficient (Wildman–Crippen LogP) is 3.52. The molecule has 1 aromatic rings. The summed E-state index contributed by atoms with van der Waals surface area (Å²) in [7, 11) is 0. The van der Waals surface area contributed by atoms with E-state index in [4.69, 9.17) is 5.11 Å². The van der Waals surface area contributed by atoms with Crippen LogP contribution in [0, 0.1) is 22.9 Å². The molecular weight excluding hydrogens is 301 g/mol. The third-order valence-corrected chi connectivity index (χ3v) is 3.13. The van der Waals surface area contributed by atoms with Crippen LogP contribution in [0.4, 0.5) is 13.2 Å². The molecule has 0 aliphatic rings. The predicted molar refractivity (Wildman–Crippen MR) is 59.1 cm³/mol. The molecule has 0 saturated heterocycles. The molecule has 1 rings (SSSR count). The molecule has 0 aliphatic heterocycles. The number of carbonyl (C=O) groups is 1. The van der Waals surface area contributed by atoms with Crippen LogP contribution in [0.3, 0.4) is 0 Å². The maximum Gasteiger partial charge on any atom is 0.309 e. The molecule has 1 aromatic carbocycles. The Balaban J connectivity index is 3.25. The lowest BCUT2D eigenvalue weighted by Crippen LogP contribution is -2.27. The number of halogens is 4. The summed E-state index contributed by atoms with van der Waals surface area (Å²) in [5, 5.41) is 8.88. The van der Waals surface area contributed by atoms with Crippen LogP contribution in [0.5, 0.6) is 0 Å². The normalized spacial score (nSPS) is 11.6. The van der Waals surface area contributed by atoms with Gasteiger partial charge < -0.3 is 5.11 Å². The molecule has 0 aromatic heterocycles. The number of aliphatic carboxylic acids is 1. The second kappa shape index (κ2) is 4.68. The minimum absolute atomic E-state index is 0.362. The molecule has 0 spiro atoms. The maximum absolute atomic E-state index is 13.6. The number of rotatable bonds is 3. The van der Waals surface area contributed by atoms with E-state index in [0.717, 1.165) is 0 Å². The zero-order chi connectivity index (χ0) is 13.4. The topological polar surface area (TPSA) is 37.3 Å². The molecule has 0 atom stereocenters. The average molecular weight is 311 g/mol. The molecule has 0 amide bonds. The van der Waals surface area contributed by atoms with Crippen molar-refractivity contribution in [1.29, 1.82) is 0 Å². The number of carboxylic acids is 1. The second-order valence-corrected chi connectivity index (χ2v) is 5.11. The number of hydrogen-bond donors (Lipinski definition) is 1. The first-order valence-electron chi connectivity index (χ1n) is 4.72. The summed E-state index contributed by atoms with van der Waals surface area (Å²) in [4.78, 5) is 10.9. The van der Waals surface area contributed by atoms with E-state index in [0.29, 0.717) is 6.07 Å². The first-order chi connectivity index (χ1) is 7.66. The summed E-state index contributed by atoms with van der Waals surface area (Å²) in [5.41, 5.74) is -1.77. The molecule has 0 aliphatic carbocycles. The van der Waals surface area contributed by atoms with E-state index >= 15 is 0 Å². The van der Waals surface area contributed by atoms with Crippen molar-refractivity contribution < 1.29 is 23.1 Å². The van der Waals surface area contributed by atoms with Crippen LogP contribution in [0.1, 0.15) is 19.4 Å². The third kappa shape index (κ3) is 2.80. The van der Waals surface area contributed by atoms with Crippen LogP contribution in [0.15, 0.2) is 10.5 Å². The van der Waals surface area contributed by atoms with E-state index in [1.807, 2.05) is 0 Å². The van der Waals surface area contributed by atoms with Crippen LogP contribution in [0.2, 0.25) is 0 Å². The summed E-state index contributed by atoms with van der Waals surface area (Å²) in [6.45, 7) is 2.68. The lowest BCUT2D eigenvalue weighted by molar-refractivity contribution is -0.146. The van der Waals surface area contributed by atoms with Crippen molar-refractivity contribution in [2.45, 2.75) is 20.3 Å². The van der Waals surface area contributed by atoms with E-state index in [9.17, 15) is 18.0 Å². The highest BCUT2D eigenvalue weighted by Gasteiger charge is 2.31. The van der Waals surface area contributed by atoms with Gasteiger partial charge in [-0.1, -0.05) is 0 Å². The lowest BCUT2D eigenvalue weighted by atomic mass is 9.85. The minimum Gasteiger partial charge on any atom is -0.481 e. The molecule has 1 N–H and O–H groups in total. The quantitative estimate of drug-likeness (QED) is 0.685. The van der Waals surface area contributed by atoms with Crippen LogP contribution >= 0.6 is 15.9 Å². The van der Waals surface area contributed by atoms with Gasteiger partial charge in [0.2, 0.25) is 0 Å². The Bertz CT molecular complexity index is 472. The van der Waals surface area contributed by atoms with Crippen molar-refractivity contribution in [3.63, 3.8) is 0 Å². The molecule has 2 nitrogen and oxygen atoms in total. The van der Waals surface area contributed by atoms with Gasteiger partial charge in [-0.2, -0.15) is 0 Å². The van der Waals surface area contributed by atoms with Crippen molar-refractivity contribution >= 4 is 21.9 Å². The van der Waals surface area contributed by atoms with E-state index in [1.165, 1.54) is 13.8 Å². The Hall–Kier alpha value is -1.04. The van der Waals surface area contributed by atoms with Crippen LogP contribution < -0.4 is 0 Å². The molecular formula is C11H10BrF3O2. The zero-order valence-corrected chi connectivity index (χ0v) is 10.7. The third-order valence-electron chi connectivity index (χ3n) is 2.41. The van der Waals surface area contributed by atoms with Gasteiger partial charge in [0.05, 0.1) is 9.89 Å². The molecule has 0 fully saturated rings. The Morgan fingerprint density at radius 2 is 1.88 bits per heavy atom. The summed E-state index contributed by atoms with van der Waals surface area (Å²) in [6, 6.07) is 0.528. The van der Waals surface area contributed by atoms with Gasteiger partial charge in [0.1, 0.15) is 17.5 Å². The fraction of sp³-hybridized carbons (Fsp3) is 0.364. The van der Waals surface area contributed by atoms with Crippen LogP contribution in [-0.4, -0.2) is 11.1 Å². The second-order valence-electron chi connectivity index (χ2n) is 4.31. The van der Waals surface area contributed by atoms with Crippen molar-refractivity contribution in [3.05, 3.63) is 33.6 Å². The van der Waals surface area contributed by atoms with Gasteiger partial charge >= 0.3 is 5.97 Å². The van der Waals surface area contributed by atoms with Crippen molar-refractivity contribution in [2.24, 2.45) is 5.41 Å². The van der Waals surface area contributed by atoms with Gasteiger partial charge in [-0.25, -0.2) is 13.2 Å². The highest BCUT2D eigenvalue weighted by atomic mass is 79.9. The number of hydrogen-bond acceptors (Lipinski definition) is 1. The first-order valence-corrected chi connectivity index (χ1v) is 5.51. The Morgan fingerprint density at radius 3 is 2.35 bits per heavy atom. The summed E-state index contributed by atoms with van der Waals surface area (Å²) in [6.07, 6.45) is -0.362. The first kappa shape index (κ1) is 14.0. The molecule has 0 unspecified atom stereocenters. The monoisotopic (exact) mass is 310 g/mol. The summed E-state index contributed by atoms with van der Waals surface area (Å²) in [5.74, 6) is -4.43. The Morgan fingerprint density at radius 1 is 1.35 bits per heavy atom. The van der Waals surface area contributed by atoms with Crippen LogP contribution in [-0.2, 0) is 11.2 Å². The Kier molecular flexibility index (Phi) is 3.86. The molecule has 17 heavy (non-hydrogen) atoms. The van der Waals surface area contributed by atoms with E-state index in [-0.39, 0.29) is 6.42 Å². The standard InChI is InChI=1S/C11H10BrF3O2/c1-11(2,10(16)17)4-5-6(13)3-7(14)8(12)9(5)15/h3H,4H2,1-2H3,(H,16,17). The lowest BCUT2D eigenvalue weighted by Gasteiger charge is -2.20. The summed E-state index contributed by atoms with van der Waals surface area (Å²) < 4.78 is 39.5. The molecule has 94 valence electrons. The number of benzene rings is 1. The highest BCUT2D eigenvalue weighted by molar-refractivity contribution is 9.10. The smallest absolute Gasteiger partial charge is 0.309 e. The van der Waals surface area contributed by atoms with Crippen molar-refractivity contribution in [1.82, 2.24) is 0 Å². The average Bonchev–Trinajstić information content (AvgIpc) is 2.21. The van der Waals surface area contributed by atoms with Gasteiger partial charge in [0.15, 0.2) is 0 Å². The van der Waals surface area contributed by atoms with Crippen molar-refractivity contribution in [3.8, 4) is 0 Å². The van der Waals surface area contributed by atoms with E-state index < -0.39 is 38.9 Å². The fourth-order valence-corrected chi connectivity index (χ4v) is 1.64. The largest absolute Gasteiger partial charge is 0.481 e. The van der Waals surface area contributed by atoms with Gasteiger partial charge in [-0.05, 0) is 36.2 Å². The molecule has 6 heteroatoms. The Labute approximate surface area is 105 Å². The molecule has 0 radical (unpaired) electrons. The van der Waals surface area contributed by atoms with Gasteiger partial charge in [0.25, 0.3) is 0 Å². The molecule has 0 bridgehead atoms. The minimum atomic E-state index is -1.33. The highest BCUT2D eigenvalue weighted by Crippen LogP contribution is 2.30. The van der Waals surface area contributed by atoms with Gasteiger partial charge in [0, 0.05) is 11.6 Å². The SMILES string of the molecule is CC(C)(Cc1c(F)cc(F)c(Br)c1F)C(=O)O. The van der Waals surface area contributed by atoms with E-state index in [2.05, 4.69) is 15.9 Å². The molecule has 0 saturated carbocycles. The maximum atomic E-state index is 13.6. The zero-order valence-electron chi connectivity index (χ0n) is 9.15. The van der Waals surface area contributed by atoms with Crippen molar-refractivity contribution in [2.75, 3.05) is 0 Å². The summed E-state index contributed by atoms with van der Waals surface area (Å²) >= 11 is 2.64. The van der Waals surface area contributed by atoms with E-state index in [1.54, 1.807) is 0 Å². The van der Waals surface area contributed by atoms with Crippen LogP contribution in [0.25, 0.3) is 0 Å². The van der Waals surface area contributed by atoms with Gasteiger partial charge in [-0.15, -0.1) is 0 Å². The fourth-order valence-electron chi connectivity index (χ4n) is 1.28. The molecule has 0 heterocycles. The number of carboxylic acid groups (broad SMARTS) is 1. The van der Waals surface area contributed by atoms with Gasteiger partial charge in [-0.3, -0.25) is 4.79 Å².